The zero-order chi connectivity index (χ0) is 8.97. The highest BCUT2D eigenvalue weighted by molar-refractivity contribution is 7.13. The fourth-order valence-corrected chi connectivity index (χ4v) is 1.64. The van der Waals surface area contributed by atoms with Gasteiger partial charge in [0.1, 0.15) is 5.76 Å². The maximum absolute atomic E-state index is 5.12. The van der Waals surface area contributed by atoms with Gasteiger partial charge in [0.2, 0.25) is 0 Å². The summed E-state index contributed by atoms with van der Waals surface area (Å²) in [7, 11) is 1.64. The molecule has 0 fully saturated rings. The van der Waals surface area contributed by atoms with Gasteiger partial charge in [-0.1, -0.05) is 12.7 Å². The van der Waals surface area contributed by atoms with Gasteiger partial charge in [-0.25, -0.2) is 4.98 Å². The minimum Gasteiger partial charge on any atom is -0.494 e. The predicted octanol–water partition coefficient (Wildman–Crippen LogP) is 2.79. The van der Waals surface area contributed by atoms with Gasteiger partial charge in [0, 0.05) is 11.1 Å². The Hall–Kier alpha value is -1.09. The summed E-state index contributed by atoms with van der Waals surface area (Å²) >= 11 is 1.57. The van der Waals surface area contributed by atoms with E-state index in [0.717, 1.165) is 15.6 Å². The molecule has 0 saturated carbocycles. The lowest BCUT2D eigenvalue weighted by molar-refractivity contribution is 0.369. The first kappa shape index (κ1) is 9.00. The Kier molecular flexibility index (Phi) is 3.05. The Balaban J connectivity index is 2.95. The molecular weight excluding hydrogens is 170 g/mol. The molecule has 0 bridgehead atoms. The third-order valence-corrected chi connectivity index (χ3v) is 2.43. The molecule has 0 aliphatic rings. The number of ether oxygens (including phenoxy) is 1. The van der Waals surface area contributed by atoms with E-state index in [9.17, 15) is 0 Å². The Morgan fingerprint density at radius 3 is 2.92 bits per heavy atom. The second-order valence-corrected chi connectivity index (χ2v) is 3.19. The van der Waals surface area contributed by atoms with E-state index in [1.54, 1.807) is 30.7 Å². The SMILES string of the molecule is C=Cc1cnc(/C(=C/C)OC)s1. The Bertz CT molecular complexity index is 301. The molecular formula is C9H11NOS. The van der Waals surface area contributed by atoms with Gasteiger partial charge in [0.05, 0.1) is 7.11 Å². The average molecular weight is 181 g/mol. The van der Waals surface area contributed by atoms with Gasteiger partial charge in [0.25, 0.3) is 0 Å². The lowest BCUT2D eigenvalue weighted by atomic mass is 10.5. The van der Waals surface area contributed by atoms with Crippen molar-refractivity contribution < 1.29 is 4.74 Å². The summed E-state index contributed by atoms with van der Waals surface area (Å²) in [6.07, 6.45) is 5.46. The monoisotopic (exact) mass is 181 g/mol. The number of nitrogens with zero attached hydrogens (tertiary/aromatic N) is 1. The van der Waals surface area contributed by atoms with E-state index in [0.29, 0.717) is 0 Å². The number of thiazole rings is 1. The van der Waals surface area contributed by atoms with Crippen LogP contribution in [0.4, 0.5) is 0 Å². The van der Waals surface area contributed by atoms with Crippen LogP contribution in [0.25, 0.3) is 11.8 Å². The van der Waals surface area contributed by atoms with E-state index in [4.69, 9.17) is 4.74 Å². The number of rotatable bonds is 3. The van der Waals surface area contributed by atoms with Crippen LogP contribution in [-0.2, 0) is 4.74 Å². The highest BCUT2D eigenvalue weighted by Gasteiger charge is 2.04. The first-order valence-electron chi connectivity index (χ1n) is 3.60. The van der Waals surface area contributed by atoms with Crippen molar-refractivity contribution in [3.8, 4) is 0 Å². The van der Waals surface area contributed by atoms with E-state index in [1.807, 2.05) is 13.0 Å². The molecule has 64 valence electrons. The Labute approximate surface area is 76.2 Å². The van der Waals surface area contributed by atoms with Crippen molar-refractivity contribution in [3.63, 3.8) is 0 Å². The van der Waals surface area contributed by atoms with Crippen LogP contribution in [0.1, 0.15) is 16.8 Å². The highest BCUT2D eigenvalue weighted by Crippen LogP contribution is 2.21. The van der Waals surface area contributed by atoms with Gasteiger partial charge in [-0.15, -0.1) is 11.3 Å². The van der Waals surface area contributed by atoms with Crippen molar-refractivity contribution in [2.75, 3.05) is 7.11 Å². The maximum atomic E-state index is 5.12. The summed E-state index contributed by atoms with van der Waals surface area (Å²) in [6.45, 7) is 5.59. The fourth-order valence-electron chi connectivity index (χ4n) is 0.824. The molecule has 0 atom stereocenters. The van der Waals surface area contributed by atoms with Gasteiger partial charge in [-0.2, -0.15) is 0 Å². The van der Waals surface area contributed by atoms with E-state index in [1.165, 1.54) is 0 Å². The molecule has 3 heteroatoms. The van der Waals surface area contributed by atoms with E-state index >= 15 is 0 Å². The highest BCUT2D eigenvalue weighted by atomic mass is 32.1. The van der Waals surface area contributed by atoms with Crippen LogP contribution in [0, 0.1) is 0 Å². The second-order valence-electron chi connectivity index (χ2n) is 2.13. The van der Waals surface area contributed by atoms with E-state index in [-0.39, 0.29) is 0 Å². The van der Waals surface area contributed by atoms with Crippen molar-refractivity contribution in [3.05, 3.63) is 28.7 Å². The zero-order valence-electron chi connectivity index (χ0n) is 7.20. The first-order valence-corrected chi connectivity index (χ1v) is 4.42. The van der Waals surface area contributed by atoms with Gasteiger partial charge < -0.3 is 4.74 Å². The third-order valence-electron chi connectivity index (χ3n) is 1.42. The molecule has 1 aromatic rings. The largest absolute Gasteiger partial charge is 0.494 e. The van der Waals surface area contributed by atoms with Crippen LogP contribution in [0.5, 0.6) is 0 Å². The minimum atomic E-state index is 0.813. The molecule has 0 aliphatic carbocycles. The standard InChI is InChI=1S/C9H11NOS/c1-4-7-6-10-9(12-7)8(5-2)11-3/h4-6H,1H2,2-3H3/b8-5-. The topological polar surface area (TPSA) is 22.1 Å². The number of methoxy groups -OCH3 is 1. The normalized spacial score (nSPS) is 11.3. The summed E-state index contributed by atoms with van der Waals surface area (Å²) in [5, 5.41) is 0.898. The lowest BCUT2D eigenvalue weighted by Gasteiger charge is -1.98. The minimum absolute atomic E-state index is 0.813. The van der Waals surface area contributed by atoms with E-state index < -0.39 is 0 Å². The average Bonchev–Trinajstić information content (AvgIpc) is 2.55. The lowest BCUT2D eigenvalue weighted by Crippen LogP contribution is -1.83. The number of hydrogen-bond donors (Lipinski definition) is 0. The van der Waals surface area contributed by atoms with Gasteiger partial charge >= 0.3 is 0 Å². The molecule has 1 rings (SSSR count). The van der Waals surface area contributed by atoms with Crippen molar-refractivity contribution >= 4 is 23.2 Å². The molecule has 2 nitrogen and oxygen atoms in total. The molecule has 0 N–H and O–H groups in total. The molecule has 0 amide bonds. The quantitative estimate of drug-likeness (QED) is 0.669. The van der Waals surface area contributed by atoms with Crippen LogP contribution in [-0.4, -0.2) is 12.1 Å². The van der Waals surface area contributed by atoms with Crippen molar-refractivity contribution in [2.24, 2.45) is 0 Å². The number of aromatic nitrogens is 1. The van der Waals surface area contributed by atoms with Crippen LogP contribution in [0.2, 0.25) is 0 Å². The van der Waals surface area contributed by atoms with E-state index in [2.05, 4.69) is 11.6 Å². The van der Waals surface area contributed by atoms with Crippen LogP contribution < -0.4 is 0 Å². The van der Waals surface area contributed by atoms with Gasteiger partial charge in [0.15, 0.2) is 5.01 Å². The first-order chi connectivity index (χ1) is 5.81. The molecule has 0 spiro atoms. The number of hydrogen-bond acceptors (Lipinski definition) is 3. The van der Waals surface area contributed by atoms with Crippen LogP contribution in [0.15, 0.2) is 18.9 Å². The smallest absolute Gasteiger partial charge is 0.158 e. The molecule has 1 aromatic heterocycles. The molecule has 0 radical (unpaired) electrons. The Morgan fingerprint density at radius 1 is 1.75 bits per heavy atom. The van der Waals surface area contributed by atoms with Crippen molar-refractivity contribution in [1.29, 1.82) is 0 Å². The summed E-state index contributed by atoms with van der Waals surface area (Å²) < 4.78 is 5.12. The fraction of sp³-hybridized carbons (Fsp3) is 0.222. The van der Waals surface area contributed by atoms with Crippen LogP contribution >= 0.6 is 11.3 Å². The van der Waals surface area contributed by atoms with Gasteiger partial charge in [-0.3, -0.25) is 0 Å². The zero-order valence-corrected chi connectivity index (χ0v) is 8.02. The van der Waals surface area contributed by atoms with Crippen LogP contribution in [0.3, 0.4) is 0 Å². The third kappa shape index (κ3) is 1.74. The molecule has 0 saturated heterocycles. The second kappa shape index (κ2) is 4.07. The molecule has 0 aromatic carbocycles. The predicted molar refractivity (Wildman–Crippen MR) is 52.9 cm³/mol. The Morgan fingerprint density at radius 2 is 2.50 bits per heavy atom. The maximum Gasteiger partial charge on any atom is 0.158 e. The van der Waals surface area contributed by atoms with Crippen molar-refractivity contribution in [1.82, 2.24) is 4.98 Å². The van der Waals surface area contributed by atoms with Crippen molar-refractivity contribution in [2.45, 2.75) is 6.92 Å². The summed E-state index contributed by atoms with van der Waals surface area (Å²) in [4.78, 5) is 5.24. The summed E-state index contributed by atoms with van der Waals surface area (Å²) in [6, 6.07) is 0. The molecule has 1 heterocycles. The summed E-state index contributed by atoms with van der Waals surface area (Å²) in [5.74, 6) is 0.813. The number of allylic oxidation sites excluding steroid dienone is 1. The molecule has 0 unspecified atom stereocenters. The molecule has 12 heavy (non-hydrogen) atoms. The van der Waals surface area contributed by atoms with Gasteiger partial charge in [-0.05, 0) is 13.0 Å². The molecule has 0 aliphatic heterocycles. The summed E-state index contributed by atoms with van der Waals surface area (Å²) in [5.41, 5.74) is 0.